The Morgan fingerprint density at radius 2 is 0.864 bits per heavy atom. The predicted octanol–water partition coefficient (Wildman–Crippen LogP) is 8.03. The maximum atomic E-state index is 12.0. The van der Waals surface area contributed by atoms with E-state index >= 15 is 0 Å². The summed E-state index contributed by atoms with van der Waals surface area (Å²) in [5.74, 6) is -5.17. The average molecular weight is 687 g/mol. The fourth-order valence-corrected chi connectivity index (χ4v) is 10.2. The summed E-state index contributed by atoms with van der Waals surface area (Å²) in [7, 11) is 0. The molecule has 3 rings (SSSR count). The number of aliphatic carboxylic acids is 4. The Labute approximate surface area is 273 Å². The first-order chi connectivity index (χ1) is 21.0. The summed E-state index contributed by atoms with van der Waals surface area (Å²) in [6, 6.07) is 0. The van der Waals surface area contributed by atoms with Gasteiger partial charge in [-0.3, -0.25) is 0 Å². The molecule has 14 heteroatoms. The van der Waals surface area contributed by atoms with Crippen molar-refractivity contribution in [3.8, 4) is 11.5 Å². The Kier molecular flexibility index (Phi) is 13.7. The number of ether oxygens (including phenoxy) is 2. The van der Waals surface area contributed by atoms with Crippen LogP contribution < -0.4 is 9.47 Å². The standard InChI is InChI=1S/C30H38O10S4/c1-5-9-11-15(7-3)13-39-19-21-23(43-29(41-21)17(25(31)32)26(33)34)20(40-14-16(8-4)12-10-6-2)24-22(19)42-30(44-24)18(27(35)36)28(37)38/h15-16H,5-14H2,1-4H3,(H,31,32)(H,33,34)(H,35,36)(H,37,38). The van der Waals surface area contributed by atoms with Gasteiger partial charge in [0.25, 0.3) is 0 Å². The molecule has 0 aliphatic carbocycles. The molecule has 44 heavy (non-hydrogen) atoms. The van der Waals surface area contributed by atoms with Crippen LogP contribution in [0, 0.1) is 11.8 Å². The number of hydrogen-bond donors (Lipinski definition) is 4. The first-order valence-electron chi connectivity index (χ1n) is 14.6. The van der Waals surface area contributed by atoms with E-state index in [1.165, 1.54) is 0 Å². The highest BCUT2D eigenvalue weighted by atomic mass is 32.2. The Balaban J connectivity index is 2.24. The lowest BCUT2D eigenvalue weighted by Gasteiger charge is -2.22. The predicted molar refractivity (Wildman–Crippen MR) is 172 cm³/mol. The van der Waals surface area contributed by atoms with Gasteiger partial charge in [-0.05, 0) is 24.7 Å². The quantitative estimate of drug-likeness (QED) is 0.0665. The van der Waals surface area contributed by atoms with Gasteiger partial charge < -0.3 is 29.9 Å². The van der Waals surface area contributed by atoms with Gasteiger partial charge in [0.2, 0.25) is 0 Å². The fourth-order valence-electron chi connectivity index (χ4n) is 4.60. The van der Waals surface area contributed by atoms with Crippen molar-refractivity contribution in [2.24, 2.45) is 11.8 Å². The maximum Gasteiger partial charge on any atom is 0.344 e. The lowest BCUT2D eigenvalue weighted by molar-refractivity contribution is -0.142. The minimum Gasteiger partial charge on any atom is -0.491 e. The monoisotopic (exact) mass is 686 g/mol. The van der Waals surface area contributed by atoms with Crippen LogP contribution in [-0.2, 0) is 19.2 Å². The molecular weight excluding hydrogens is 649 g/mol. The van der Waals surface area contributed by atoms with Crippen LogP contribution in [0.2, 0.25) is 0 Å². The molecule has 1 aromatic carbocycles. The number of thioether (sulfide) groups is 4. The number of carbonyl (C=O) groups is 4. The van der Waals surface area contributed by atoms with E-state index in [1.807, 2.05) is 0 Å². The van der Waals surface area contributed by atoms with Crippen LogP contribution in [0.4, 0.5) is 0 Å². The summed E-state index contributed by atoms with van der Waals surface area (Å²) < 4.78 is 13.0. The second-order valence-electron chi connectivity index (χ2n) is 10.4. The third-order valence-corrected chi connectivity index (χ3v) is 12.5. The lowest BCUT2D eigenvalue weighted by Crippen LogP contribution is -2.14. The molecule has 2 heterocycles. The van der Waals surface area contributed by atoms with Crippen molar-refractivity contribution in [3.63, 3.8) is 0 Å². The number of fused-ring (bicyclic) bond motifs is 2. The molecule has 0 bridgehead atoms. The smallest absolute Gasteiger partial charge is 0.344 e. The minimum absolute atomic E-state index is 0.0527. The van der Waals surface area contributed by atoms with E-state index in [1.54, 1.807) is 0 Å². The van der Waals surface area contributed by atoms with Crippen molar-refractivity contribution in [1.29, 1.82) is 0 Å². The third kappa shape index (κ3) is 8.43. The van der Waals surface area contributed by atoms with Gasteiger partial charge >= 0.3 is 23.9 Å². The van der Waals surface area contributed by atoms with Gasteiger partial charge in [-0.25, -0.2) is 19.2 Å². The highest BCUT2D eigenvalue weighted by molar-refractivity contribution is 8.26. The van der Waals surface area contributed by atoms with Gasteiger partial charge in [0.15, 0.2) is 11.1 Å². The molecule has 0 fully saturated rings. The lowest BCUT2D eigenvalue weighted by atomic mass is 10.0. The molecule has 2 aliphatic heterocycles. The van der Waals surface area contributed by atoms with Gasteiger partial charge in [-0.1, -0.05) is 113 Å². The Bertz CT molecular complexity index is 1180. The normalized spacial score (nSPS) is 14.9. The molecule has 0 spiro atoms. The van der Waals surface area contributed by atoms with Crippen molar-refractivity contribution in [2.45, 2.75) is 98.6 Å². The highest BCUT2D eigenvalue weighted by Crippen LogP contribution is 2.68. The zero-order valence-corrected chi connectivity index (χ0v) is 28.4. The van der Waals surface area contributed by atoms with Crippen molar-refractivity contribution in [3.05, 3.63) is 19.6 Å². The largest absolute Gasteiger partial charge is 0.491 e. The number of rotatable bonds is 18. The van der Waals surface area contributed by atoms with E-state index in [-0.39, 0.29) is 20.3 Å². The molecule has 1 aromatic rings. The van der Waals surface area contributed by atoms with Crippen molar-refractivity contribution >= 4 is 70.9 Å². The zero-order chi connectivity index (χ0) is 32.6. The molecule has 0 radical (unpaired) electrons. The maximum absolute atomic E-state index is 12.0. The number of carboxylic acid groups (broad SMARTS) is 4. The molecule has 4 N–H and O–H groups in total. The average Bonchev–Trinajstić information content (AvgIpc) is 3.57. The highest BCUT2D eigenvalue weighted by Gasteiger charge is 2.41. The van der Waals surface area contributed by atoms with Gasteiger partial charge in [0.1, 0.15) is 11.5 Å². The Morgan fingerprint density at radius 3 is 1.09 bits per heavy atom. The Hall–Kier alpha value is -2.42. The molecule has 0 saturated heterocycles. The van der Waals surface area contributed by atoms with E-state index in [2.05, 4.69) is 27.7 Å². The van der Waals surface area contributed by atoms with E-state index in [9.17, 15) is 39.6 Å². The van der Waals surface area contributed by atoms with Crippen LogP contribution in [-0.4, -0.2) is 57.5 Å². The van der Waals surface area contributed by atoms with Gasteiger partial charge in [-0.2, -0.15) is 0 Å². The van der Waals surface area contributed by atoms with Crippen LogP contribution in [0.1, 0.15) is 79.1 Å². The van der Waals surface area contributed by atoms with E-state index in [4.69, 9.17) is 9.47 Å². The molecule has 10 nitrogen and oxygen atoms in total. The number of carboxylic acids is 4. The van der Waals surface area contributed by atoms with Gasteiger partial charge in [0, 0.05) is 0 Å². The molecule has 2 aliphatic rings. The summed E-state index contributed by atoms with van der Waals surface area (Å²) >= 11 is 3.86. The first-order valence-corrected chi connectivity index (χ1v) is 17.9. The molecule has 2 unspecified atom stereocenters. The van der Waals surface area contributed by atoms with Crippen LogP contribution >= 0.6 is 47.0 Å². The molecule has 242 valence electrons. The molecular formula is C30H38O10S4. The summed E-state index contributed by atoms with van der Waals surface area (Å²) in [5, 5.41) is 38.9. The Morgan fingerprint density at radius 1 is 0.568 bits per heavy atom. The van der Waals surface area contributed by atoms with Crippen LogP contribution in [0.5, 0.6) is 11.5 Å². The van der Waals surface area contributed by atoms with Gasteiger partial charge in [-0.15, -0.1) is 0 Å². The van der Waals surface area contributed by atoms with Crippen LogP contribution in [0.25, 0.3) is 0 Å². The second kappa shape index (κ2) is 16.8. The topological polar surface area (TPSA) is 168 Å². The number of benzene rings is 1. The molecule has 0 saturated carbocycles. The van der Waals surface area contributed by atoms with Crippen molar-refractivity contribution in [2.75, 3.05) is 13.2 Å². The molecule has 2 atom stereocenters. The second-order valence-corrected chi connectivity index (χ2v) is 15.0. The number of hydrogen-bond acceptors (Lipinski definition) is 10. The SMILES string of the molecule is CCCCC(CC)COc1c2c(c(OCC(CC)CCCC)c3c1SC(=C(C(=O)O)C(=O)O)S3)SC(=C(C(=O)O)C(=O)O)S2. The van der Waals surface area contributed by atoms with Crippen molar-refractivity contribution in [1.82, 2.24) is 0 Å². The van der Waals surface area contributed by atoms with E-state index in [0.717, 1.165) is 98.4 Å². The van der Waals surface area contributed by atoms with Crippen molar-refractivity contribution < 1.29 is 49.1 Å². The van der Waals surface area contributed by atoms with Crippen LogP contribution in [0.15, 0.2) is 39.2 Å². The van der Waals surface area contributed by atoms with E-state index < -0.39 is 35.0 Å². The van der Waals surface area contributed by atoms with Gasteiger partial charge in [0.05, 0.1) is 41.3 Å². The number of unbranched alkanes of at least 4 members (excludes halogenated alkanes) is 2. The minimum atomic E-state index is -1.57. The zero-order valence-electron chi connectivity index (χ0n) is 25.1. The summed E-state index contributed by atoms with van der Waals surface area (Å²) in [6.45, 7) is 8.99. The third-order valence-electron chi connectivity index (χ3n) is 7.29. The molecule has 0 aromatic heterocycles. The van der Waals surface area contributed by atoms with E-state index in [0.29, 0.717) is 44.3 Å². The first kappa shape index (κ1) is 36.1. The molecule has 0 amide bonds. The summed E-state index contributed by atoms with van der Waals surface area (Å²) in [4.78, 5) is 49.7. The fraction of sp³-hybridized carbons (Fsp3) is 0.533. The summed E-state index contributed by atoms with van der Waals surface area (Å²) in [6.07, 6.45) is 7.63. The summed E-state index contributed by atoms with van der Waals surface area (Å²) in [5.41, 5.74) is -1.53. The van der Waals surface area contributed by atoms with Crippen LogP contribution in [0.3, 0.4) is 0 Å².